The Hall–Kier alpha value is -2.52. The van der Waals surface area contributed by atoms with Crippen molar-refractivity contribution in [2.45, 2.75) is 6.92 Å². The molecule has 0 aliphatic carbocycles. The van der Waals surface area contributed by atoms with Gasteiger partial charge in [-0.15, -0.1) is 0 Å². The zero-order valence-corrected chi connectivity index (χ0v) is 14.4. The second kappa shape index (κ2) is 8.54. The van der Waals surface area contributed by atoms with Gasteiger partial charge in [0.25, 0.3) is 5.69 Å². The predicted molar refractivity (Wildman–Crippen MR) is 91.4 cm³/mol. The number of nitrogens with zero attached hydrogens (tertiary/aromatic N) is 3. The number of amides is 2. The number of likely N-dealkylation sites (N-methyl/N-ethyl adjacent to an activating group) is 1. The van der Waals surface area contributed by atoms with Crippen molar-refractivity contribution in [3.8, 4) is 0 Å². The quantitative estimate of drug-likeness (QED) is 0.596. The van der Waals surface area contributed by atoms with Gasteiger partial charge < -0.3 is 15.0 Å². The van der Waals surface area contributed by atoms with Gasteiger partial charge >= 0.3 is 0 Å². The average molecular weight is 350 g/mol. The van der Waals surface area contributed by atoms with Crippen LogP contribution in [0.3, 0.4) is 0 Å². The molecule has 0 bridgehead atoms. The first-order valence-electron chi connectivity index (χ1n) is 7.96. The number of hydrogen-bond donors (Lipinski definition) is 1. The summed E-state index contributed by atoms with van der Waals surface area (Å²) in [6.45, 7) is 4.08. The number of ether oxygens (including phenoxy) is 1. The Balaban J connectivity index is 1.88. The van der Waals surface area contributed by atoms with Crippen LogP contribution in [0.1, 0.15) is 5.56 Å². The molecule has 2 rings (SSSR count). The van der Waals surface area contributed by atoms with E-state index in [-0.39, 0.29) is 30.6 Å². The summed E-state index contributed by atoms with van der Waals surface area (Å²) in [5, 5.41) is 13.5. The highest BCUT2D eigenvalue weighted by Gasteiger charge is 2.19. The molecule has 1 saturated heterocycles. The van der Waals surface area contributed by atoms with Gasteiger partial charge in [0.2, 0.25) is 11.8 Å². The molecule has 1 fully saturated rings. The minimum Gasteiger partial charge on any atom is -0.378 e. The van der Waals surface area contributed by atoms with Gasteiger partial charge in [-0.05, 0) is 19.5 Å². The van der Waals surface area contributed by atoms with Crippen molar-refractivity contribution in [1.29, 1.82) is 0 Å². The van der Waals surface area contributed by atoms with Gasteiger partial charge in [0.15, 0.2) is 0 Å². The van der Waals surface area contributed by atoms with Gasteiger partial charge in [0.05, 0.1) is 36.9 Å². The number of non-ortho nitro benzene ring substituents is 1. The van der Waals surface area contributed by atoms with E-state index in [4.69, 9.17) is 4.74 Å². The number of benzene rings is 1. The van der Waals surface area contributed by atoms with E-state index in [1.165, 1.54) is 12.1 Å². The van der Waals surface area contributed by atoms with Gasteiger partial charge in [0, 0.05) is 25.2 Å². The van der Waals surface area contributed by atoms with Crippen molar-refractivity contribution < 1.29 is 19.2 Å². The highest BCUT2D eigenvalue weighted by atomic mass is 16.6. The lowest BCUT2D eigenvalue weighted by molar-refractivity contribution is -0.384. The number of anilines is 1. The van der Waals surface area contributed by atoms with Crippen LogP contribution in [0.15, 0.2) is 18.2 Å². The Morgan fingerprint density at radius 1 is 1.32 bits per heavy atom. The summed E-state index contributed by atoms with van der Waals surface area (Å²) in [5.74, 6) is -0.383. The van der Waals surface area contributed by atoms with Gasteiger partial charge in [-0.2, -0.15) is 0 Å². The molecule has 136 valence electrons. The van der Waals surface area contributed by atoms with Gasteiger partial charge in [-0.25, -0.2) is 0 Å². The van der Waals surface area contributed by atoms with E-state index in [0.717, 1.165) is 5.56 Å². The lowest BCUT2D eigenvalue weighted by atomic mass is 10.2. The lowest BCUT2D eigenvalue weighted by Crippen LogP contribution is -2.46. The number of carbonyl (C=O) groups is 2. The van der Waals surface area contributed by atoms with E-state index in [0.29, 0.717) is 32.0 Å². The summed E-state index contributed by atoms with van der Waals surface area (Å²) in [6.07, 6.45) is 0. The zero-order valence-electron chi connectivity index (χ0n) is 14.4. The second-order valence-corrected chi connectivity index (χ2v) is 5.97. The Kier molecular flexibility index (Phi) is 6.43. The Bertz CT molecular complexity index is 658. The Labute approximate surface area is 145 Å². The SMILES string of the molecule is Cc1ccc([N+](=O)[O-])cc1NC(=O)CN(C)CC(=O)N1CCOCC1. The molecule has 1 aromatic carbocycles. The van der Waals surface area contributed by atoms with Crippen molar-refractivity contribution in [2.24, 2.45) is 0 Å². The van der Waals surface area contributed by atoms with Crippen molar-refractivity contribution in [2.75, 3.05) is 51.8 Å². The number of nitrogens with one attached hydrogen (secondary N) is 1. The minimum atomic E-state index is -0.512. The van der Waals surface area contributed by atoms with Crippen molar-refractivity contribution in [3.63, 3.8) is 0 Å². The topological polar surface area (TPSA) is 105 Å². The van der Waals surface area contributed by atoms with Crippen LogP contribution in [0.25, 0.3) is 0 Å². The molecule has 9 heteroatoms. The van der Waals surface area contributed by atoms with Crippen LogP contribution in [0.2, 0.25) is 0 Å². The standard InChI is InChI=1S/C16H22N4O5/c1-12-3-4-13(20(23)24)9-14(12)17-15(21)10-18(2)11-16(22)19-5-7-25-8-6-19/h3-4,9H,5-8,10-11H2,1-2H3,(H,17,21). The zero-order chi connectivity index (χ0) is 18.4. The maximum absolute atomic E-state index is 12.1. The first-order chi connectivity index (χ1) is 11.9. The predicted octanol–water partition coefficient (Wildman–Crippen LogP) is 0.632. The second-order valence-electron chi connectivity index (χ2n) is 5.97. The first kappa shape index (κ1) is 18.8. The van der Waals surface area contributed by atoms with Gasteiger partial charge in [-0.3, -0.25) is 24.6 Å². The molecule has 1 aliphatic rings. The normalized spacial score (nSPS) is 14.4. The summed E-state index contributed by atoms with van der Waals surface area (Å²) < 4.78 is 5.20. The minimum absolute atomic E-state index is 0.0121. The molecule has 0 spiro atoms. The molecule has 25 heavy (non-hydrogen) atoms. The molecule has 1 N–H and O–H groups in total. The van der Waals surface area contributed by atoms with Crippen LogP contribution in [0, 0.1) is 17.0 Å². The summed E-state index contributed by atoms with van der Waals surface area (Å²) in [7, 11) is 1.68. The average Bonchev–Trinajstić information content (AvgIpc) is 2.57. The third-order valence-corrected chi connectivity index (χ3v) is 3.89. The molecular weight excluding hydrogens is 328 g/mol. The van der Waals surface area contributed by atoms with E-state index in [1.807, 2.05) is 0 Å². The van der Waals surface area contributed by atoms with Gasteiger partial charge in [0.1, 0.15) is 0 Å². The van der Waals surface area contributed by atoms with E-state index in [9.17, 15) is 19.7 Å². The van der Waals surface area contributed by atoms with Crippen LogP contribution in [0.5, 0.6) is 0 Å². The van der Waals surface area contributed by atoms with Crippen molar-refractivity contribution in [1.82, 2.24) is 9.80 Å². The third kappa shape index (κ3) is 5.50. The van der Waals surface area contributed by atoms with Crippen molar-refractivity contribution in [3.05, 3.63) is 33.9 Å². The van der Waals surface area contributed by atoms with Crippen molar-refractivity contribution >= 4 is 23.2 Å². The third-order valence-electron chi connectivity index (χ3n) is 3.89. The maximum Gasteiger partial charge on any atom is 0.271 e. The smallest absolute Gasteiger partial charge is 0.271 e. The number of nitro groups is 1. The Morgan fingerprint density at radius 2 is 2.00 bits per heavy atom. The number of hydrogen-bond acceptors (Lipinski definition) is 6. The van der Waals surface area contributed by atoms with E-state index < -0.39 is 4.92 Å². The summed E-state index contributed by atoms with van der Waals surface area (Å²) in [6, 6.07) is 4.30. The lowest BCUT2D eigenvalue weighted by Gasteiger charge is -2.28. The number of aryl methyl sites for hydroxylation is 1. The maximum atomic E-state index is 12.1. The first-order valence-corrected chi connectivity index (χ1v) is 7.96. The molecule has 1 aromatic rings. The molecule has 0 aromatic heterocycles. The van der Waals surface area contributed by atoms with Crippen LogP contribution >= 0.6 is 0 Å². The molecule has 0 radical (unpaired) electrons. The molecule has 0 atom stereocenters. The fraction of sp³-hybridized carbons (Fsp3) is 0.500. The molecule has 1 aliphatic heterocycles. The van der Waals surface area contributed by atoms with E-state index >= 15 is 0 Å². The molecule has 2 amide bonds. The fourth-order valence-corrected chi connectivity index (χ4v) is 2.49. The Morgan fingerprint density at radius 3 is 2.64 bits per heavy atom. The molecule has 1 heterocycles. The highest BCUT2D eigenvalue weighted by Crippen LogP contribution is 2.21. The van der Waals surface area contributed by atoms with Crippen LogP contribution < -0.4 is 5.32 Å². The summed E-state index contributed by atoms with van der Waals surface area (Å²) in [4.78, 5) is 37.9. The largest absolute Gasteiger partial charge is 0.378 e. The monoisotopic (exact) mass is 350 g/mol. The molecule has 0 saturated carbocycles. The van der Waals surface area contributed by atoms with Crippen LogP contribution in [-0.4, -0.2) is 73.0 Å². The molecule has 0 unspecified atom stereocenters. The van der Waals surface area contributed by atoms with Gasteiger partial charge in [-0.1, -0.05) is 6.07 Å². The number of carbonyl (C=O) groups excluding carboxylic acids is 2. The summed E-state index contributed by atoms with van der Waals surface area (Å²) in [5.41, 5.74) is 1.04. The summed E-state index contributed by atoms with van der Waals surface area (Å²) >= 11 is 0. The van der Waals surface area contributed by atoms with Crippen LogP contribution in [0.4, 0.5) is 11.4 Å². The highest BCUT2D eigenvalue weighted by molar-refractivity contribution is 5.93. The van der Waals surface area contributed by atoms with E-state index in [2.05, 4.69) is 5.32 Å². The molecular formula is C16H22N4O5. The number of rotatable bonds is 6. The number of nitro benzene ring substituents is 1. The van der Waals surface area contributed by atoms with E-state index in [1.54, 1.807) is 29.8 Å². The molecule has 9 nitrogen and oxygen atoms in total. The van der Waals surface area contributed by atoms with Crippen LogP contribution in [-0.2, 0) is 14.3 Å². The fourth-order valence-electron chi connectivity index (χ4n) is 2.49. The number of morpholine rings is 1.